The Morgan fingerprint density at radius 1 is 0.821 bits per heavy atom. The van der Waals surface area contributed by atoms with E-state index in [0.29, 0.717) is 17.3 Å². The Kier molecular flexibility index (Phi) is 6.07. The first-order valence-corrected chi connectivity index (χ1v) is 11.2. The summed E-state index contributed by atoms with van der Waals surface area (Å²) in [6.07, 6.45) is 14.1. The Bertz CT molecular complexity index is 838. The fraction of sp³-hybridized carbons (Fsp3) is 0.542. The third kappa shape index (κ3) is 4.61. The molecule has 2 saturated carbocycles. The summed E-state index contributed by atoms with van der Waals surface area (Å²) in [5.41, 5.74) is 1.40. The summed E-state index contributed by atoms with van der Waals surface area (Å²) in [6, 6.07) is 2.42. The van der Waals surface area contributed by atoms with Crippen LogP contribution < -0.4 is 0 Å². The second-order valence-corrected chi connectivity index (χ2v) is 9.28. The summed E-state index contributed by atoms with van der Waals surface area (Å²) < 4.78 is 27.8. The van der Waals surface area contributed by atoms with E-state index in [1.165, 1.54) is 57.1 Å². The SMILES string of the molecule is N#CSc1c(F)cc(C#CC2=CCC(C3CCC(C4CC4)CC3)CC2)cc1F. The fourth-order valence-corrected chi connectivity index (χ4v) is 5.38. The van der Waals surface area contributed by atoms with Crippen molar-refractivity contribution in [3.05, 3.63) is 41.0 Å². The standard InChI is InChI=1S/C24H25F2NS/c25-22-13-17(14-23(26)24(22)28-15-27)2-1-16-3-5-18(6-4-16)19-7-9-20(10-8-19)21-11-12-21/h3,13-14,18-21H,4-12H2. The molecule has 4 rings (SSSR count). The molecular weight excluding hydrogens is 372 g/mol. The first kappa shape index (κ1) is 19.5. The maximum absolute atomic E-state index is 13.9. The molecule has 0 N–H and O–H groups in total. The molecule has 0 aliphatic heterocycles. The van der Waals surface area contributed by atoms with E-state index < -0.39 is 11.6 Å². The Morgan fingerprint density at radius 3 is 1.89 bits per heavy atom. The molecule has 1 aromatic rings. The van der Waals surface area contributed by atoms with Gasteiger partial charge in [0.05, 0.1) is 4.90 Å². The second-order valence-electron chi connectivity index (χ2n) is 8.49. The van der Waals surface area contributed by atoms with Crippen LogP contribution >= 0.6 is 11.8 Å². The minimum atomic E-state index is -0.727. The molecule has 2 fully saturated rings. The van der Waals surface area contributed by atoms with Crippen molar-refractivity contribution in [1.29, 1.82) is 5.26 Å². The summed E-state index contributed by atoms with van der Waals surface area (Å²) in [7, 11) is 0. The third-order valence-corrected chi connectivity index (χ3v) is 7.42. The van der Waals surface area contributed by atoms with Crippen LogP contribution in [0.5, 0.6) is 0 Å². The van der Waals surface area contributed by atoms with Gasteiger partial charge in [0.15, 0.2) is 0 Å². The van der Waals surface area contributed by atoms with E-state index in [-0.39, 0.29) is 4.90 Å². The second kappa shape index (κ2) is 8.71. The van der Waals surface area contributed by atoms with Crippen molar-refractivity contribution < 1.29 is 8.78 Å². The van der Waals surface area contributed by atoms with E-state index >= 15 is 0 Å². The van der Waals surface area contributed by atoms with Crippen LogP contribution in [0.3, 0.4) is 0 Å². The van der Waals surface area contributed by atoms with E-state index in [0.717, 1.165) is 42.1 Å². The highest BCUT2D eigenvalue weighted by molar-refractivity contribution is 8.03. The largest absolute Gasteiger partial charge is 0.206 e. The van der Waals surface area contributed by atoms with Crippen molar-refractivity contribution in [2.24, 2.45) is 23.7 Å². The monoisotopic (exact) mass is 397 g/mol. The Labute approximate surface area is 170 Å². The van der Waals surface area contributed by atoms with Crippen molar-refractivity contribution in [2.75, 3.05) is 0 Å². The van der Waals surface area contributed by atoms with E-state index in [1.54, 1.807) is 5.40 Å². The molecule has 3 aliphatic carbocycles. The van der Waals surface area contributed by atoms with Crippen molar-refractivity contribution in [1.82, 2.24) is 0 Å². The van der Waals surface area contributed by atoms with Crippen LogP contribution in [-0.4, -0.2) is 0 Å². The smallest absolute Gasteiger partial charge is 0.142 e. The number of nitriles is 1. The minimum absolute atomic E-state index is 0.260. The zero-order valence-corrected chi connectivity index (χ0v) is 16.8. The molecule has 1 aromatic carbocycles. The topological polar surface area (TPSA) is 23.8 Å². The number of thiocyanates is 1. The van der Waals surface area contributed by atoms with E-state index in [2.05, 4.69) is 17.9 Å². The highest BCUT2D eigenvalue weighted by Gasteiger charge is 2.35. The average Bonchev–Trinajstić information content (AvgIpc) is 3.55. The molecule has 0 saturated heterocycles. The molecule has 0 aromatic heterocycles. The highest BCUT2D eigenvalue weighted by Crippen LogP contribution is 2.47. The predicted octanol–water partition coefficient (Wildman–Crippen LogP) is 6.83. The first-order chi connectivity index (χ1) is 13.6. The summed E-state index contributed by atoms with van der Waals surface area (Å²) in [5, 5.41) is 10.3. The Balaban J connectivity index is 1.34. The molecule has 0 heterocycles. The van der Waals surface area contributed by atoms with Crippen LogP contribution in [0.4, 0.5) is 8.78 Å². The van der Waals surface area contributed by atoms with Crippen LogP contribution in [0.15, 0.2) is 28.7 Å². The average molecular weight is 398 g/mol. The molecule has 1 unspecified atom stereocenters. The number of rotatable bonds is 3. The van der Waals surface area contributed by atoms with E-state index in [4.69, 9.17) is 5.26 Å². The van der Waals surface area contributed by atoms with Crippen LogP contribution in [0, 0.1) is 57.8 Å². The zero-order chi connectivity index (χ0) is 19.5. The molecular formula is C24H25F2NS. The zero-order valence-electron chi connectivity index (χ0n) is 16.0. The lowest BCUT2D eigenvalue weighted by Crippen LogP contribution is -2.23. The minimum Gasteiger partial charge on any atom is -0.206 e. The summed E-state index contributed by atoms with van der Waals surface area (Å²) >= 11 is 0.498. The van der Waals surface area contributed by atoms with Gasteiger partial charge in [-0.2, -0.15) is 5.26 Å². The molecule has 28 heavy (non-hydrogen) atoms. The maximum atomic E-state index is 13.9. The fourth-order valence-electron chi connectivity index (χ4n) is 4.98. The van der Waals surface area contributed by atoms with E-state index in [1.807, 2.05) is 0 Å². The number of hydrogen-bond acceptors (Lipinski definition) is 2. The van der Waals surface area contributed by atoms with Crippen LogP contribution in [0.1, 0.15) is 63.4 Å². The molecule has 0 radical (unpaired) electrons. The normalized spacial score (nSPS) is 27.3. The van der Waals surface area contributed by atoms with Gasteiger partial charge in [-0.3, -0.25) is 0 Å². The molecule has 0 bridgehead atoms. The van der Waals surface area contributed by atoms with Gasteiger partial charge in [-0.25, -0.2) is 8.78 Å². The van der Waals surface area contributed by atoms with Crippen LogP contribution in [0.25, 0.3) is 0 Å². The third-order valence-electron chi connectivity index (χ3n) is 6.74. The van der Waals surface area contributed by atoms with Gasteiger partial charge in [0.1, 0.15) is 17.0 Å². The Hall–Kier alpha value is -1.78. The van der Waals surface area contributed by atoms with Gasteiger partial charge in [-0.15, -0.1) is 0 Å². The molecule has 0 spiro atoms. The number of thioether (sulfide) groups is 1. The van der Waals surface area contributed by atoms with Crippen molar-refractivity contribution in [2.45, 2.75) is 62.7 Å². The lowest BCUT2D eigenvalue weighted by Gasteiger charge is -2.35. The number of hydrogen-bond donors (Lipinski definition) is 0. The first-order valence-electron chi connectivity index (χ1n) is 10.4. The lowest BCUT2D eigenvalue weighted by molar-refractivity contribution is 0.181. The van der Waals surface area contributed by atoms with Gasteiger partial charge in [0, 0.05) is 5.56 Å². The van der Waals surface area contributed by atoms with Crippen molar-refractivity contribution in [3.63, 3.8) is 0 Å². The molecule has 4 heteroatoms. The van der Waals surface area contributed by atoms with Crippen molar-refractivity contribution >= 4 is 11.8 Å². The molecule has 0 amide bonds. The number of nitrogens with zero attached hydrogens (tertiary/aromatic N) is 1. The lowest BCUT2D eigenvalue weighted by atomic mass is 9.70. The van der Waals surface area contributed by atoms with Crippen molar-refractivity contribution in [3.8, 4) is 17.2 Å². The number of allylic oxidation sites excluding steroid dienone is 2. The Morgan fingerprint density at radius 2 is 1.39 bits per heavy atom. The number of halogens is 2. The van der Waals surface area contributed by atoms with Gasteiger partial charge in [0.25, 0.3) is 0 Å². The quantitative estimate of drug-likeness (QED) is 0.317. The van der Waals surface area contributed by atoms with Crippen LogP contribution in [0.2, 0.25) is 0 Å². The number of benzene rings is 1. The van der Waals surface area contributed by atoms with Gasteiger partial charge in [-0.1, -0.05) is 17.9 Å². The van der Waals surface area contributed by atoms with Crippen LogP contribution in [-0.2, 0) is 0 Å². The predicted molar refractivity (Wildman–Crippen MR) is 108 cm³/mol. The molecule has 1 nitrogen and oxygen atoms in total. The maximum Gasteiger partial charge on any atom is 0.142 e. The van der Waals surface area contributed by atoms with Gasteiger partial charge < -0.3 is 0 Å². The highest BCUT2D eigenvalue weighted by atomic mass is 32.2. The van der Waals surface area contributed by atoms with E-state index in [9.17, 15) is 8.78 Å². The summed E-state index contributed by atoms with van der Waals surface area (Å²) in [5.74, 6) is 8.26. The summed E-state index contributed by atoms with van der Waals surface area (Å²) in [4.78, 5) is -0.260. The van der Waals surface area contributed by atoms with Gasteiger partial charge in [-0.05, 0) is 111 Å². The van der Waals surface area contributed by atoms with Gasteiger partial charge >= 0.3 is 0 Å². The molecule has 1 atom stereocenters. The summed E-state index contributed by atoms with van der Waals surface area (Å²) in [6.45, 7) is 0. The molecule has 146 valence electrons. The van der Waals surface area contributed by atoms with Gasteiger partial charge in [0.2, 0.25) is 0 Å². The molecule has 3 aliphatic rings.